The van der Waals surface area contributed by atoms with Crippen LogP contribution in [-0.4, -0.2) is 24.6 Å². The smallest absolute Gasteiger partial charge is 0.356 e. The molecule has 8 heteroatoms. The van der Waals surface area contributed by atoms with E-state index in [1.807, 2.05) is 0 Å². The lowest BCUT2D eigenvalue weighted by Crippen LogP contribution is -2.31. The number of urea groups is 1. The van der Waals surface area contributed by atoms with Gasteiger partial charge in [0.2, 0.25) is 0 Å². The van der Waals surface area contributed by atoms with Gasteiger partial charge in [-0.25, -0.2) is 14.4 Å². The molecule has 0 fully saturated rings. The highest BCUT2D eigenvalue weighted by molar-refractivity contribution is 5.92. The Labute approximate surface area is 139 Å². The number of carbonyl (C=O) groups is 3. The number of nitrogens with two attached hydrogens (primary N) is 1. The fourth-order valence-corrected chi connectivity index (χ4v) is 1.42. The molecule has 24 heavy (non-hydrogen) atoms. The molecule has 0 unspecified atom stereocenters. The molecule has 0 aliphatic heterocycles. The van der Waals surface area contributed by atoms with Gasteiger partial charge in [-0.15, -0.1) is 0 Å². The van der Waals surface area contributed by atoms with Crippen LogP contribution in [0.4, 0.5) is 4.79 Å². The summed E-state index contributed by atoms with van der Waals surface area (Å²) in [5.74, 6) is -0.519. The molecular formula is C16H20N2O6. The number of hydroxylamine groups is 1. The SMILES string of the molecule is CC(C)COc1ccc(COC(=O)/C=C\C(=O)ONC(N)=O)cc1. The second kappa shape index (κ2) is 9.88. The number of esters is 1. The number of benzene rings is 1. The van der Waals surface area contributed by atoms with E-state index in [-0.39, 0.29) is 6.61 Å². The van der Waals surface area contributed by atoms with Crippen molar-refractivity contribution in [1.82, 2.24) is 5.48 Å². The summed E-state index contributed by atoms with van der Waals surface area (Å²) in [6, 6.07) is 6.10. The molecule has 2 amide bonds. The van der Waals surface area contributed by atoms with Crippen LogP contribution in [0.1, 0.15) is 19.4 Å². The van der Waals surface area contributed by atoms with Crippen LogP contribution in [0.3, 0.4) is 0 Å². The van der Waals surface area contributed by atoms with Crippen molar-refractivity contribution in [3.8, 4) is 5.75 Å². The maximum Gasteiger partial charge on any atom is 0.356 e. The van der Waals surface area contributed by atoms with Gasteiger partial charge < -0.3 is 20.0 Å². The number of primary amides is 1. The molecule has 0 radical (unpaired) electrons. The van der Waals surface area contributed by atoms with Crippen LogP contribution in [0.5, 0.6) is 5.75 Å². The third-order valence-electron chi connectivity index (χ3n) is 2.50. The molecule has 130 valence electrons. The average Bonchev–Trinajstić information content (AvgIpc) is 2.55. The second-order valence-electron chi connectivity index (χ2n) is 5.18. The Morgan fingerprint density at radius 1 is 1.12 bits per heavy atom. The van der Waals surface area contributed by atoms with Crippen LogP contribution in [0.25, 0.3) is 0 Å². The predicted octanol–water partition coefficient (Wildman–Crippen LogP) is 1.45. The molecule has 0 spiro atoms. The van der Waals surface area contributed by atoms with Gasteiger partial charge in [0.25, 0.3) is 0 Å². The summed E-state index contributed by atoms with van der Waals surface area (Å²) in [4.78, 5) is 37.0. The maximum absolute atomic E-state index is 11.4. The van der Waals surface area contributed by atoms with Crippen LogP contribution in [0, 0.1) is 5.92 Å². The monoisotopic (exact) mass is 336 g/mol. The number of nitrogens with one attached hydrogen (secondary N) is 1. The number of amides is 2. The van der Waals surface area contributed by atoms with E-state index in [1.54, 1.807) is 29.7 Å². The topological polar surface area (TPSA) is 117 Å². The summed E-state index contributed by atoms with van der Waals surface area (Å²) in [6.45, 7) is 4.78. The molecule has 0 saturated heterocycles. The Kier molecular flexibility index (Phi) is 7.83. The Balaban J connectivity index is 2.36. The number of carbonyl (C=O) groups excluding carboxylic acids is 3. The molecule has 0 aliphatic carbocycles. The van der Waals surface area contributed by atoms with Gasteiger partial charge in [0.1, 0.15) is 12.4 Å². The van der Waals surface area contributed by atoms with Crippen molar-refractivity contribution >= 4 is 18.0 Å². The van der Waals surface area contributed by atoms with Crippen molar-refractivity contribution < 1.29 is 28.7 Å². The van der Waals surface area contributed by atoms with Crippen molar-refractivity contribution in [3.63, 3.8) is 0 Å². The van der Waals surface area contributed by atoms with Crippen LogP contribution >= 0.6 is 0 Å². The molecule has 0 atom stereocenters. The van der Waals surface area contributed by atoms with E-state index in [4.69, 9.17) is 15.2 Å². The van der Waals surface area contributed by atoms with Crippen molar-refractivity contribution in [3.05, 3.63) is 42.0 Å². The van der Waals surface area contributed by atoms with Crippen molar-refractivity contribution in [2.45, 2.75) is 20.5 Å². The normalized spacial score (nSPS) is 10.5. The fourth-order valence-electron chi connectivity index (χ4n) is 1.42. The lowest BCUT2D eigenvalue weighted by atomic mass is 10.2. The Bertz CT molecular complexity index is 595. The quantitative estimate of drug-likeness (QED) is 0.442. The molecule has 0 aromatic heterocycles. The molecule has 3 N–H and O–H groups in total. The minimum atomic E-state index is -1.03. The first-order chi connectivity index (χ1) is 11.4. The molecule has 0 saturated carbocycles. The third-order valence-corrected chi connectivity index (χ3v) is 2.50. The first kappa shape index (κ1) is 19.0. The van der Waals surface area contributed by atoms with Gasteiger partial charge in [0, 0.05) is 12.2 Å². The number of rotatable bonds is 7. The van der Waals surface area contributed by atoms with Gasteiger partial charge in [0.05, 0.1) is 6.61 Å². The highest BCUT2D eigenvalue weighted by Crippen LogP contribution is 2.14. The van der Waals surface area contributed by atoms with Crippen molar-refractivity contribution in [1.29, 1.82) is 0 Å². The Morgan fingerprint density at radius 3 is 2.33 bits per heavy atom. The summed E-state index contributed by atoms with van der Waals surface area (Å²) >= 11 is 0. The lowest BCUT2D eigenvalue weighted by molar-refractivity contribution is -0.144. The zero-order valence-corrected chi connectivity index (χ0v) is 13.5. The fraction of sp³-hybridized carbons (Fsp3) is 0.312. The number of hydrogen-bond acceptors (Lipinski definition) is 6. The van der Waals surface area contributed by atoms with E-state index in [0.717, 1.165) is 23.5 Å². The maximum atomic E-state index is 11.4. The van der Waals surface area contributed by atoms with Gasteiger partial charge >= 0.3 is 18.0 Å². The van der Waals surface area contributed by atoms with E-state index in [0.29, 0.717) is 12.5 Å². The summed E-state index contributed by atoms with van der Waals surface area (Å²) in [7, 11) is 0. The second-order valence-corrected chi connectivity index (χ2v) is 5.18. The van der Waals surface area contributed by atoms with E-state index >= 15 is 0 Å². The zero-order chi connectivity index (χ0) is 17.9. The van der Waals surface area contributed by atoms with Gasteiger partial charge in [0.15, 0.2) is 0 Å². The molecule has 8 nitrogen and oxygen atoms in total. The number of hydrogen-bond donors (Lipinski definition) is 2. The third kappa shape index (κ3) is 8.42. The van der Waals surface area contributed by atoms with E-state index in [1.165, 1.54) is 0 Å². The zero-order valence-electron chi connectivity index (χ0n) is 13.5. The molecule has 0 aliphatic rings. The molecule has 1 aromatic carbocycles. The van der Waals surface area contributed by atoms with Crippen LogP contribution in [0.2, 0.25) is 0 Å². The van der Waals surface area contributed by atoms with Crippen LogP contribution in [-0.2, 0) is 25.8 Å². The largest absolute Gasteiger partial charge is 0.493 e. The van der Waals surface area contributed by atoms with Gasteiger partial charge in [-0.05, 0) is 23.6 Å². The van der Waals surface area contributed by atoms with E-state index in [2.05, 4.69) is 18.7 Å². The van der Waals surface area contributed by atoms with Crippen LogP contribution in [0.15, 0.2) is 36.4 Å². The molecular weight excluding hydrogens is 316 g/mol. The lowest BCUT2D eigenvalue weighted by Gasteiger charge is -2.09. The van der Waals surface area contributed by atoms with Gasteiger partial charge in [-0.3, -0.25) is 0 Å². The Morgan fingerprint density at radius 2 is 1.75 bits per heavy atom. The highest BCUT2D eigenvalue weighted by Gasteiger charge is 2.04. The number of ether oxygens (including phenoxy) is 2. The highest BCUT2D eigenvalue weighted by atomic mass is 16.7. The average molecular weight is 336 g/mol. The van der Waals surface area contributed by atoms with Gasteiger partial charge in [-0.2, -0.15) is 5.48 Å². The van der Waals surface area contributed by atoms with Gasteiger partial charge in [-0.1, -0.05) is 26.0 Å². The van der Waals surface area contributed by atoms with Crippen molar-refractivity contribution in [2.75, 3.05) is 6.61 Å². The molecule has 1 rings (SSSR count). The van der Waals surface area contributed by atoms with Crippen LogP contribution < -0.4 is 16.0 Å². The first-order valence-corrected chi connectivity index (χ1v) is 7.19. The molecule has 0 heterocycles. The molecule has 0 bridgehead atoms. The molecule has 1 aromatic rings. The summed E-state index contributed by atoms with van der Waals surface area (Å²) in [6.07, 6.45) is 1.69. The Hall–Kier alpha value is -3.03. The minimum absolute atomic E-state index is 0.0439. The van der Waals surface area contributed by atoms with Crippen molar-refractivity contribution in [2.24, 2.45) is 11.7 Å². The first-order valence-electron chi connectivity index (χ1n) is 7.19. The van der Waals surface area contributed by atoms with E-state index in [9.17, 15) is 14.4 Å². The predicted molar refractivity (Wildman–Crippen MR) is 84.5 cm³/mol. The standard InChI is InChI=1S/C16H20N2O6/c1-11(2)9-22-13-5-3-12(4-6-13)10-23-14(19)7-8-15(20)24-18-16(17)21/h3-8,11H,9-10H2,1-2H3,(H3,17,18,21)/b8-7-. The summed E-state index contributed by atoms with van der Waals surface area (Å²) < 4.78 is 10.5. The summed E-state index contributed by atoms with van der Waals surface area (Å²) in [5, 5.41) is 0. The summed E-state index contributed by atoms with van der Waals surface area (Å²) in [5.41, 5.74) is 7.09. The van der Waals surface area contributed by atoms with E-state index < -0.39 is 18.0 Å². The minimum Gasteiger partial charge on any atom is -0.493 e.